The highest BCUT2D eigenvalue weighted by molar-refractivity contribution is 5.77. The first-order chi connectivity index (χ1) is 9.78. The molecule has 6 nitrogen and oxygen atoms in total. The van der Waals surface area contributed by atoms with Crippen LogP contribution < -0.4 is 11.1 Å². The minimum Gasteiger partial charge on any atom is -0.379 e. The van der Waals surface area contributed by atoms with E-state index < -0.39 is 0 Å². The molecule has 2 saturated heterocycles. The zero-order valence-electron chi connectivity index (χ0n) is 12.1. The molecule has 0 aromatic carbocycles. The summed E-state index contributed by atoms with van der Waals surface area (Å²) in [6.07, 6.45) is 5.05. The number of hydrogen-bond donors (Lipinski definition) is 2. The fourth-order valence-electron chi connectivity index (χ4n) is 3.07. The van der Waals surface area contributed by atoms with Gasteiger partial charge in [0.2, 0.25) is 0 Å². The van der Waals surface area contributed by atoms with Gasteiger partial charge in [-0.2, -0.15) is 0 Å². The highest BCUT2D eigenvalue weighted by atomic mass is 16.5. The third kappa shape index (κ3) is 3.42. The van der Waals surface area contributed by atoms with Crippen LogP contribution in [0, 0.1) is 0 Å². The zero-order chi connectivity index (χ0) is 13.8. The summed E-state index contributed by atoms with van der Waals surface area (Å²) in [5.74, 6) is 0.556. The van der Waals surface area contributed by atoms with Gasteiger partial charge >= 0.3 is 0 Å². The van der Waals surface area contributed by atoms with Crippen LogP contribution in [0.15, 0.2) is 4.99 Å². The third-order valence-corrected chi connectivity index (χ3v) is 4.59. The lowest BCUT2D eigenvalue weighted by Gasteiger charge is -2.34. The molecular weight excluding hydrogens is 256 g/mol. The van der Waals surface area contributed by atoms with Gasteiger partial charge in [0.05, 0.1) is 25.9 Å². The summed E-state index contributed by atoms with van der Waals surface area (Å²) in [5.41, 5.74) is 6.22. The molecule has 0 aromatic heterocycles. The summed E-state index contributed by atoms with van der Waals surface area (Å²) in [7, 11) is 0. The lowest BCUT2D eigenvalue weighted by Crippen LogP contribution is -2.47. The molecule has 3 aliphatic rings. The van der Waals surface area contributed by atoms with E-state index in [0.29, 0.717) is 12.1 Å². The van der Waals surface area contributed by atoms with Crippen molar-refractivity contribution in [3.63, 3.8) is 0 Å². The topological polar surface area (TPSA) is 72.1 Å². The largest absolute Gasteiger partial charge is 0.379 e. The van der Waals surface area contributed by atoms with Gasteiger partial charge in [0.25, 0.3) is 0 Å². The Morgan fingerprint density at radius 3 is 2.75 bits per heavy atom. The third-order valence-electron chi connectivity index (χ3n) is 4.59. The molecule has 1 unspecified atom stereocenters. The maximum atomic E-state index is 5.96. The predicted octanol–water partition coefficient (Wildman–Crippen LogP) is -0.0655. The van der Waals surface area contributed by atoms with Gasteiger partial charge in [-0.1, -0.05) is 0 Å². The second kappa shape index (κ2) is 6.28. The smallest absolute Gasteiger partial charge is 0.188 e. The summed E-state index contributed by atoms with van der Waals surface area (Å²) in [5, 5.41) is 3.19. The minimum atomic E-state index is 0.264. The Balaban J connectivity index is 1.43. The fraction of sp³-hybridized carbons (Fsp3) is 0.929. The molecule has 114 valence electrons. The molecule has 0 spiro atoms. The Morgan fingerprint density at radius 1 is 1.30 bits per heavy atom. The Labute approximate surface area is 120 Å². The van der Waals surface area contributed by atoms with E-state index in [1.54, 1.807) is 0 Å². The van der Waals surface area contributed by atoms with Crippen LogP contribution in [0.25, 0.3) is 0 Å². The van der Waals surface area contributed by atoms with Crippen molar-refractivity contribution in [1.29, 1.82) is 0 Å². The van der Waals surface area contributed by atoms with Gasteiger partial charge in [0.15, 0.2) is 5.96 Å². The van der Waals surface area contributed by atoms with E-state index in [2.05, 4.69) is 15.2 Å². The van der Waals surface area contributed by atoms with Crippen LogP contribution in [-0.2, 0) is 9.47 Å². The van der Waals surface area contributed by atoms with Crippen LogP contribution >= 0.6 is 0 Å². The molecular formula is C14H26N4O2. The Hall–Kier alpha value is -0.850. The summed E-state index contributed by atoms with van der Waals surface area (Å²) in [6.45, 7) is 6.20. The van der Waals surface area contributed by atoms with Gasteiger partial charge in [0.1, 0.15) is 0 Å². The molecule has 0 amide bonds. The molecule has 0 aromatic rings. The molecule has 2 aliphatic heterocycles. The number of morpholine rings is 1. The maximum absolute atomic E-state index is 5.96. The molecule has 1 atom stereocenters. The normalized spacial score (nSPS) is 30.4. The monoisotopic (exact) mass is 282 g/mol. The number of nitrogens with two attached hydrogens (primary N) is 1. The molecule has 2 heterocycles. The summed E-state index contributed by atoms with van der Waals surface area (Å²) in [6, 6.07) is 0. The average Bonchev–Trinajstić information content (AvgIpc) is 3.11. The van der Waals surface area contributed by atoms with Crippen molar-refractivity contribution in [2.75, 3.05) is 46.0 Å². The number of guanidine groups is 1. The molecule has 20 heavy (non-hydrogen) atoms. The second-order valence-corrected chi connectivity index (χ2v) is 6.04. The average molecular weight is 282 g/mol. The highest BCUT2D eigenvalue weighted by Crippen LogP contribution is 2.42. The Morgan fingerprint density at radius 2 is 2.10 bits per heavy atom. The molecule has 0 bridgehead atoms. The second-order valence-electron chi connectivity index (χ2n) is 6.04. The molecule has 3 rings (SSSR count). The van der Waals surface area contributed by atoms with Crippen LogP contribution in [0.5, 0.6) is 0 Å². The number of nitrogens with one attached hydrogen (secondary N) is 1. The van der Waals surface area contributed by atoms with E-state index in [1.165, 1.54) is 12.8 Å². The number of aliphatic imine (C=N–C) groups is 1. The van der Waals surface area contributed by atoms with Gasteiger partial charge in [0, 0.05) is 31.8 Å². The lowest BCUT2D eigenvalue weighted by molar-refractivity contribution is 0.0117. The summed E-state index contributed by atoms with van der Waals surface area (Å²) < 4.78 is 11.0. The summed E-state index contributed by atoms with van der Waals surface area (Å²) in [4.78, 5) is 7.06. The molecule has 0 radical (unpaired) electrons. The van der Waals surface area contributed by atoms with E-state index in [0.717, 1.165) is 58.8 Å². The molecule has 3 N–H and O–H groups in total. The SMILES string of the molecule is NC(=NCC1(N2CCOCC2)CC1)NCC1CCCO1. The molecule has 1 saturated carbocycles. The Bertz CT molecular complexity index is 345. The number of hydrogen-bond acceptors (Lipinski definition) is 4. The van der Waals surface area contributed by atoms with Gasteiger partial charge in [-0.15, -0.1) is 0 Å². The van der Waals surface area contributed by atoms with Crippen molar-refractivity contribution in [3.8, 4) is 0 Å². The van der Waals surface area contributed by atoms with E-state index >= 15 is 0 Å². The molecule has 3 fully saturated rings. The number of ether oxygens (including phenoxy) is 2. The van der Waals surface area contributed by atoms with E-state index in [9.17, 15) is 0 Å². The van der Waals surface area contributed by atoms with Gasteiger partial charge < -0.3 is 20.5 Å². The van der Waals surface area contributed by atoms with Gasteiger partial charge in [-0.25, -0.2) is 0 Å². The number of nitrogens with zero attached hydrogens (tertiary/aromatic N) is 2. The van der Waals surface area contributed by atoms with Crippen molar-refractivity contribution in [2.24, 2.45) is 10.7 Å². The van der Waals surface area contributed by atoms with Crippen LogP contribution in [0.3, 0.4) is 0 Å². The van der Waals surface area contributed by atoms with Crippen LogP contribution in [0.2, 0.25) is 0 Å². The van der Waals surface area contributed by atoms with Crippen molar-refractivity contribution in [2.45, 2.75) is 37.3 Å². The van der Waals surface area contributed by atoms with Crippen molar-refractivity contribution < 1.29 is 9.47 Å². The van der Waals surface area contributed by atoms with Crippen molar-refractivity contribution in [3.05, 3.63) is 0 Å². The minimum absolute atomic E-state index is 0.264. The molecule has 1 aliphatic carbocycles. The standard InChI is InChI=1S/C14H26N4O2/c15-13(16-10-12-2-1-7-20-12)17-11-14(3-4-14)18-5-8-19-9-6-18/h12H,1-11H2,(H3,15,16,17). The quantitative estimate of drug-likeness (QED) is 0.546. The van der Waals surface area contributed by atoms with Gasteiger partial charge in [-0.3, -0.25) is 9.89 Å². The first-order valence-electron chi connectivity index (χ1n) is 7.77. The lowest BCUT2D eigenvalue weighted by atomic mass is 10.2. The van der Waals surface area contributed by atoms with Crippen molar-refractivity contribution >= 4 is 5.96 Å². The zero-order valence-corrected chi connectivity index (χ0v) is 12.1. The predicted molar refractivity (Wildman–Crippen MR) is 77.8 cm³/mol. The van der Waals surface area contributed by atoms with Crippen LogP contribution in [-0.4, -0.2) is 68.5 Å². The van der Waals surface area contributed by atoms with Crippen LogP contribution in [0.4, 0.5) is 0 Å². The molecule has 6 heteroatoms. The van der Waals surface area contributed by atoms with Gasteiger partial charge in [-0.05, 0) is 25.7 Å². The fourth-order valence-corrected chi connectivity index (χ4v) is 3.07. The summed E-state index contributed by atoms with van der Waals surface area (Å²) >= 11 is 0. The first-order valence-corrected chi connectivity index (χ1v) is 7.77. The highest BCUT2D eigenvalue weighted by Gasteiger charge is 2.48. The Kier molecular flexibility index (Phi) is 4.43. The maximum Gasteiger partial charge on any atom is 0.188 e. The van der Waals surface area contributed by atoms with Crippen molar-refractivity contribution in [1.82, 2.24) is 10.2 Å². The van der Waals surface area contributed by atoms with E-state index in [-0.39, 0.29) is 5.54 Å². The van der Waals surface area contributed by atoms with Crippen LogP contribution in [0.1, 0.15) is 25.7 Å². The number of rotatable bonds is 5. The van der Waals surface area contributed by atoms with E-state index in [4.69, 9.17) is 15.2 Å². The first kappa shape index (κ1) is 14.1. The van der Waals surface area contributed by atoms with E-state index in [1.807, 2.05) is 0 Å².